The van der Waals surface area contributed by atoms with Crippen LogP contribution in [0, 0.1) is 0 Å². The number of halogens is 3. The van der Waals surface area contributed by atoms with Crippen LogP contribution in [0.15, 0.2) is 18.2 Å². The van der Waals surface area contributed by atoms with Crippen LogP contribution < -0.4 is 4.90 Å². The third kappa shape index (κ3) is 2.39. The second-order valence-electron chi connectivity index (χ2n) is 4.07. The third-order valence-electron chi connectivity index (χ3n) is 2.86. The zero-order valence-corrected chi connectivity index (χ0v) is 9.31. The summed E-state index contributed by atoms with van der Waals surface area (Å²) in [4.78, 5) is 15.9. The fourth-order valence-electron chi connectivity index (χ4n) is 2.04. The first-order valence-corrected chi connectivity index (χ1v) is 5.43. The lowest BCUT2D eigenvalue weighted by atomic mass is 10.2. The van der Waals surface area contributed by atoms with Crippen molar-refractivity contribution in [2.24, 2.45) is 0 Å². The fraction of sp³-hybridized carbons (Fsp3) is 0.455. The molecule has 0 aliphatic carbocycles. The topological polar surface area (TPSA) is 53.4 Å². The van der Waals surface area contributed by atoms with Gasteiger partial charge in [0, 0.05) is 6.54 Å². The molecular formula is C11H11F3N2O2. The van der Waals surface area contributed by atoms with Crippen molar-refractivity contribution in [1.82, 2.24) is 4.98 Å². The molecule has 1 aliphatic rings. The van der Waals surface area contributed by atoms with Crippen LogP contribution in [0.25, 0.3) is 0 Å². The minimum absolute atomic E-state index is 0.0646. The van der Waals surface area contributed by atoms with E-state index in [1.165, 1.54) is 17.0 Å². The first-order valence-electron chi connectivity index (χ1n) is 5.43. The van der Waals surface area contributed by atoms with Gasteiger partial charge in [0.15, 0.2) is 0 Å². The Hall–Kier alpha value is -1.79. The molecule has 98 valence electrons. The fourth-order valence-corrected chi connectivity index (χ4v) is 2.04. The lowest BCUT2D eigenvalue weighted by molar-refractivity contribution is -0.141. The SMILES string of the molecule is O=C(O)[C@@H]1CCCN1c1cccc(C(F)(F)F)n1. The van der Waals surface area contributed by atoms with Gasteiger partial charge in [-0.15, -0.1) is 0 Å². The van der Waals surface area contributed by atoms with E-state index in [-0.39, 0.29) is 5.82 Å². The van der Waals surface area contributed by atoms with E-state index in [0.717, 1.165) is 6.07 Å². The molecule has 0 saturated carbocycles. The highest BCUT2D eigenvalue weighted by Gasteiger charge is 2.35. The van der Waals surface area contributed by atoms with Gasteiger partial charge in [-0.1, -0.05) is 6.07 Å². The van der Waals surface area contributed by atoms with E-state index >= 15 is 0 Å². The number of rotatable bonds is 2. The third-order valence-corrected chi connectivity index (χ3v) is 2.86. The zero-order chi connectivity index (χ0) is 13.3. The minimum Gasteiger partial charge on any atom is -0.480 e. The van der Waals surface area contributed by atoms with Crippen molar-refractivity contribution in [3.63, 3.8) is 0 Å². The number of hydrogen-bond donors (Lipinski definition) is 1. The maximum atomic E-state index is 12.5. The summed E-state index contributed by atoms with van der Waals surface area (Å²) < 4.78 is 37.5. The molecule has 1 aliphatic heterocycles. The Labute approximate surface area is 101 Å². The summed E-state index contributed by atoms with van der Waals surface area (Å²) in [6, 6.07) is 2.72. The molecule has 2 heterocycles. The van der Waals surface area contributed by atoms with Crippen LogP contribution in [0.5, 0.6) is 0 Å². The van der Waals surface area contributed by atoms with Crippen LogP contribution in [0.2, 0.25) is 0 Å². The predicted octanol–water partition coefficient (Wildman–Crippen LogP) is 2.15. The van der Waals surface area contributed by atoms with Crippen LogP contribution in [-0.4, -0.2) is 28.6 Å². The van der Waals surface area contributed by atoms with Crippen LogP contribution in [-0.2, 0) is 11.0 Å². The largest absolute Gasteiger partial charge is 0.480 e. The maximum Gasteiger partial charge on any atom is 0.433 e. The molecule has 1 saturated heterocycles. The first kappa shape index (κ1) is 12.7. The number of pyridine rings is 1. The van der Waals surface area contributed by atoms with Crippen molar-refractivity contribution in [1.29, 1.82) is 0 Å². The van der Waals surface area contributed by atoms with Gasteiger partial charge in [-0.3, -0.25) is 0 Å². The molecule has 2 rings (SSSR count). The summed E-state index contributed by atoms with van der Waals surface area (Å²) in [6.07, 6.45) is -3.46. The van der Waals surface area contributed by atoms with Crippen LogP contribution in [0.1, 0.15) is 18.5 Å². The Morgan fingerprint density at radius 1 is 1.44 bits per heavy atom. The molecule has 0 radical (unpaired) electrons. The number of carbonyl (C=O) groups is 1. The summed E-state index contributed by atoms with van der Waals surface area (Å²) >= 11 is 0. The Morgan fingerprint density at radius 2 is 2.17 bits per heavy atom. The quantitative estimate of drug-likeness (QED) is 0.885. The van der Waals surface area contributed by atoms with Gasteiger partial charge in [0.2, 0.25) is 0 Å². The average Bonchev–Trinajstić information content (AvgIpc) is 2.77. The number of carboxylic acid groups (broad SMARTS) is 1. The van der Waals surface area contributed by atoms with Gasteiger partial charge in [0.1, 0.15) is 17.6 Å². The highest BCUT2D eigenvalue weighted by Crippen LogP contribution is 2.30. The number of hydrogen-bond acceptors (Lipinski definition) is 3. The Morgan fingerprint density at radius 3 is 2.78 bits per heavy atom. The zero-order valence-electron chi connectivity index (χ0n) is 9.31. The molecule has 1 atom stereocenters. The Kier molecular flexibility index (Phi) is 3.14. The molecule has 18 heavy (non-hydrogen) atoms. The number of alkyl halides is 3. The van der Waals surface area contributed by atoms with E-state index in [2.05, 4.69) is 4.98 Å². The lowest BCUT2D eigenvalue weighted by Gasteiger charge is -2.23. The van der Waals surface area contributed by atoms with Gasteiger partial charge in [-0.2, -0.15) is 13.2 Å². The number of aromatic nitrogens is 1. The van der Waals surface area contributed by atoms with Gasteiger partial charge < -0.3 is 10.0 Å². The average molecular weight is 260 g/mol. The maximum absolute atomic E-state index is 12.5. The summed E-state index contributed by atoms with van der Waals surface area (Å²) in [5.41, 5.74) is -1.00. The van der Waals surface area contributed by atoms with Crippen molar-refractivity contribution in [2.75, 3.05) is 11.4 Å². The Balaban J connectivity index is 2.31. The molecule has 1 N–H and O–H groups in total. The lowest BCUT2D eigenvalue weighted by Crippen LogP contribution is -2.36. The Bertz CT molecular complexity index is 462. The number of anilines is 1. The highest BCUT2D eigenvalue weighted by molar-refractivity contribution is 5.78. The van der Waals surface area contributed by atoms with Gasteiger partial charge >= 0.3 is 12.1 Å². The molecule has 1 fully saturated rings. The molecule has 0 bridgehead atoms. The van der Waals surface area contributed by atoms with E-state index < -0.39 is 23.9 Å². The van der Waals surface area contributed by atoms with Crippen LogP contribution in [0.4, 0.5) is 19.0 Å². The van der Waals surface area contributed by atoms with Gasteiger partial charge in [-0.25, -0.2) is 9.78 Å². The van der Waals surface area contributed by atoms with Gasteiger partial charge in [-0.05, 0) is 25.0 Å². The molecule has 4 nitrogen and oxygen atoms in total. The van der Waals surface area contributed by atoms with Crippen molar-refractivity contribution in [2.45, 2.75) is 25.1 Å². The number of carboxylic acids is 1. The summed E-state index contributed by atoms with van der Waals surface area (Å²) in [6.45, 7) is 0.408. The second-order valence-corrected chi connectivity index (χ2v) is 4.07. The van der Waals surface area contributed by atoms with Crippen molar-refractivity contribution in [3.8, 4) is 0 Å². The molecular weight excluding hydrogens is 249 g/mol. The van der Waals surface area contributed by atoms with E-state index in [0.29, 0.717) is 19.4 Å². The van der Waals surface area contributed by atoms with E-state index in [4.69, 9.17) is 5.11 Å². The van der Waals surface area contributed by atoms with Crippen molar-refractivity contribution >= 4 is 11.8 Å². The molecule has 0 aromatic carbocycles. The predicted molar refractivity (Wildman–Crippen MR) is 57.2 cm³/mol. The molecule has 0 amide bonds. The van der Waals surface area contributed by atoms with Crippen molar-refractivity contribution in [3.05, 3.63) is 23.9 Å². The number of aliphatic carboxylic acids is 1. The summed E-state index contributed by atoms with van der Waals surface area (Å²) in [7, 11) is 0. The van der Waals surface area contributed by atoms with Crippen LogP contribution >= 0.6 is 0 Å². The highest BCUT2D eigenvalue weighted by atomic mass is 19.4. The van der Waals surface area contributed by atoms with E-state index in [1.807, 2.05) is 0 Å². The van der Waals surface area contributed by atoms with Crippen LogP contribution in [0.3, 0.4) is 0 Å². The number of nitrogens with zero attached hydrogens (tertiary/aromatic N) is 2. The normalized spacial score (nSPS) is 20.2. The second kappa shape index (κ2) is 4.47. The summed E-state index contributed by atoms with van der Waals surface area (Å²) in [5.74, 6) is -0.971. The van der Waals surface area contributed by atoms with Gasteiger partial charge in [0.25, 0.3) is 0 Å². The van der Waals surface area contributed by atoms with Crippen molar-refractivity contribution < 1.29 is 23.1 Å². The monoisotopic (exact) mass is 260 g/mol. The van der Waals surface area contributed by atoms with Gasteiger partial charge in [0.05, 0.1) is 0 Å². The smallest absolute Gasteiger partial charge is 0.433 e. The first-order chi connectivity index (χ1) is 8.39. The molecule has 0 unspecified atom stereocenters. The van der Waals surface area contributed by atoms with E-state index in [1.54, 1.807) is 0 Å². The standard InChI is InChI=1S/C11H11F3N2O2/c12-11(13,14)8-4-1-5-9(15-8)16-6-2-3-7(16)10(17)18/h1,4-5,7H,2-3,6H2,(H,17,18)/t7-/m0/s1. The molecule has 1 aromatic heterocycles. The molecule has 0 spiro atoms. The molecule has 7 heteroatoms. The minimum atomic E-state index is -4.52. The summed E-state index contributed by atoms with van der Waals surface area (Å²) in [5, 5.41) is 8.98. The van der Waals surface area contributed by atoms with E-state index in [9.17, 15) is 18.0 Å². The molecule has 1 aromatic rings.